The van der Waals surface area contributed by atoms with Gasteiger partial charge in [0, 0.05) is 32.0 Å². The molecule has 10 rings (SSSR count). The second-order valence-electron chi connectivity index (χ2n) is 13.2. The average Bonchev–Trinajstić information content (AvgIpc) is 3.51. The van der Waals surface area contributed by atoms with Crippen LogP contribution >= 0.6 is 11.8 Å². The zero-order valence-corrected chi connectivity index (χ0v) is 28.8. The van der Waals surface area contributed by atoms with E-state index in [2.05, 4.69) is 133 Å². The molecule has 0 atom stereocenters. The summed E-state index contributed by atoms with van der Waals surface area (Å²) in [5.74, 6) is 0.665. The fourth-order valence-corrected chi connectivity index (χ4v) is 9.42. The monoisotopic (exact) mass is 679 g/mol. The molecule has 0 amide bonds. The first-order valence-electron chi connectivity index (χ1n) is 17.4. The molecule has 7 aromatic carbocycles. The Balaban J connectivity index is 1.21. The minimum absolute atomic E-state index is 0.550. The van der Waals surface area contributed by atoms with E-state index >= 15 is 0 Å². The molecular weight excluding hydrogens is 651 g/mol. The van der Waals surface area contributed by atoms with Gasteiger partial charge in [-0.2, -0.15) is 5.26 Å². The number of nitrogens with zero attached hydrogens (tertiary/aromatic N) is 3. The van der Waals surface area contributed by atoms with Crippen LogP contribution in [0.15, 0.2) is 186 Å². The number of hydrogen-bond donors (Lipinski definition) is 0. The summed E-state index contributed by atoms with van der Waals surface area (Å²) in [6.07, 6.45) is 0. The van der Waals surface area contributed by atoms with Crippen molar-refractivity contribution < 1.29 is 0 Å². The first-order chi connectivity index (χ1) is 25.7. The summed E-state index contributed by atoms with van der Waals surface area (Å²) in [6.45, 7) is 0. The summed E-state index contributed by atoms with van der Waals surface area (Å²) < 4.78 is 0. The van der Waals surface area contributed by atoms with Gasteiger partial charge >= 0.3 is 0 Å². The lowest BCUT2D eigenvalue weighted by molar-refractivity contribution is 0.722. The zero-order chi connectivity index (χ0) is 34.6. The van der Waals surface area contributed by atoms with Crippen molar-refractivity contribution in [1.29, 1.82) is 5.26 Å². The largest absolute Gasteiger partial charge is 0.228 e. The van der Waals surface area contributed by atoms with Gasteiger partial charge in [-0.3, -0.25) is 0 Å². The zero-order valence-electron chi connectivity index (χ0n) is 28.0. The van der Waals surface area contributed by atoms with Crippen molar-refractivity contribution in [2.45, 2.75) is 15.2 Å². The second-order valence-corrected chi connectivity index (χ2v) is 14.3. The van der Waals surface area contributed by atoms with Crippen molar-refractivity contribution >= 4 is 11.8 Å². The number of rotatable bonds is 4. The summed E-state index contributed by atoms with van der Waals surface area (Å²) in [4.78, 5) is 12.8. The summed E-state index contributed by atoms with van der Waals surface area (Å²) in [5, 5.41) is 10.6. The number of hydrogen-bond acceptors (Lipinski definition) is 4. The van der Waals surface area contributed by atoms with Gasteiger partial charge in [0.05, 0.1) is 28.4 Å². The third-order valence-corrected chi connectivity index (χ3v) is 11.6. The summed E-state index contributed by atoms with van der Waals surface area (Å²) in [6, 6.07) is 64.1. The Kier molecular flexibility index (Phi) is 7.02. The molecule has 2 aliphatic rings. The molecule has 0 saturated carbocycles. The molecule has 0 saturated heterocycles. The van der Waals surface area contributed by atoms with Crippen LogP contribution in [0.4, 0.5) is 0 Å². The number of aromatic nitrogens is 2. The highest BCUT2D eigenvalue weighted by atomic mass is 32.2. The van der Waals surface area contributed by atoms with Gasteiger partial charge in [0.15, 0.2) is 5.82 Å². The molecular formula is C48H29N3S. The van der Waals surface area contributed by atoms with Gasteiger partial charge in [0.2, 0.25) is 0 Å². The topological polar surface area (TPSA) is 49.6 Å². The maximum Gasteiger partial charge on any atom is 0.161 e. The molecule has 2 heterocycles. The Morgan fingerprint density at radius 1 is 0.442 bits per heavy atom. The quantitative estimate of drug-likeness (QED) is 0.186. The summed E-state index contributed by atoms with van der Waals surface area (Å²) in [7, 11) is 0. The van der Waals surface area contributed by atoms with Crippen LogP contribution in [0.3, 0.4) is 0 Å². The third kappa shape index (κ3) is 4.53. The van der Waals surface area contributed by atoms with Crippen LogP contribution in [0.25, 0.3) is 56.2 Å². The van der Waals surface area contributed by atoms with E-state index in [9.17, 15) is 5.26 Å². The van der Waals surface area contributed by atoms with Gasteiger partial charge in [-0.25, -0.2) is 9.97 Å². The minimum Gasteiger partial charge on any atom is -0.228 e. The first-order valence-corrected chi connectivity index (χ1v) is 18.2. The Morgan fingerprint density at radius 3 is 1.63 bits per heavy atom. The fraction of sp³-hybridized carbons (Fsp3) is 0.0208. The van der Waals surface area contributed by atoms with Crippen LogP contribution in [-0.4, -0.2) is 9.97 Å². The van der Waals surface area contributed by atoms with E-state index in [-0.39, 0.29) is 0 Å². The lowest BCUT2D eigenvalue weighted by Gasteiger charge is -2.39. The molecule has 0 radical (unpaired) electrons. The number of fused-ring (bicyclic) bond motifs is 9. The van der Waals surface area contributed by atoms with E-state index < -0.39 is 5.41 Å². The Hall–Kier alpha value is -6.54. The molecule has 1 aliphatic carbocycles. The standard InChI is InChI=1S/C48H29N3S/c49-30-34-18-13-23-41-46(34)37-28-33(26-27-38(37)48(41)39-21-9-11-24-44(39)52-45-25-12-10-22-40(45)48)35-19-7-8-20-36(35)47-50-42(31-14-3-1-4-15-31)29-43(51-47)32-16-5-2-6-17-32/h1-29H. The van der Waals surface area contributed by atoms with Crippen molar-refractivity contribution in [1.82, 2.24) is 9.97 Å². The molecule has 4 heteroatoms. The highest BCUT2D eigenvalue weighted by Gasteiger charge is 2.50. The lowest BCUT2D eigenvalue weighted by Crippen LogP contribution is -2.31. The van der Waals surface area contributed by atoms with Gasteiger partial charge in [-0.1, -0.05) is 157 Å². The Labute approximate surface area is 307 Å². The molecule has 1 aliphatic heterocycles. The van der Waals surface area contributed by atoms with Gasteiger partial charge in [0.25, 0.3) is 0 Å². The van der Waals surface area contributed by atoms with Crippen LogP contribution in [0.5, 0.6) is 0 Å². The first kappa shape index (κ1) is 30.3. The lowest BCUT2D eigenvalue weighted by atomic mass is 9.67. The van der Waals surface area contributed by atoms with E-state index in [1.165, 1.54) is 26.5 Å². The van der Waals surface area contributed by atoms with Crippen molar-refractivity contribution in [3.63, 3.8) is 0 Å². The highest BCUT2D eigenvalue weighted by molar-refractivity contribution is 7.99. The molecule has 8 aromatic rings. The van der Waals surface area contributed by atoms with Gasteiger partial charge in [-0.15, -0.1) is 0 Å². The number of benzene rings is 7. The molecule has 3 nitrogen and oxygen atoms in total. The molecule has 0 unspecified atom stereocenters. The third-order valence-electron chi connectivity index (χ3n) is 10.4. The van der Waals surface area contributed by atoms with Crippen LogP contribution in [0, 0.1) is 11.3 Å². The number of nitriles is 1. The van der Waals surface area contributed by atoms with E-state index in [0.717, 1.165) is 55.9 Å². The maximum absolute atomic E-state index is 10.6. The fourth-order valence-electron chi connectivity index (χ4n) is 8.22. The van der Waals surface area contributed by atoms with Crippen LogP contribution in [-0.2, 0) is 5.41 Å². The van der Waals surface area contributed by atoms with Crippen LogP contribution in [0.2, 0.25) is 0 Å². The van der Waals surface area contributed by atoms with E-state index in [0.29, 0.717) is 11.4 Å². The molecule has 52 heavy (non-hydrogen) atoms. The minimum atomic E-state index is -0.550. The van der Waals surface area contributed by atoms with Crippen LogP contribution < -0.4 is 0 Å². The summed E-state index contributed by atoms with van der Waals surface area (Å²) >= 11 is 1.82. The SMILES string of the molecule is N#Cc1cccc2c1-c1cc(-c3ccccc3-c3nc(-c4ccccc4)cc(-c4ccccc4)n3)ccc1C21c2ccccc2Sc2ccccc21. The van der Waals surface area contributed by atoms with Gasteiger partial charge in [0.1, 0.15) is 0 Å². The molecule has 0 bridgehead atoms. The maximum atomic E-state index is 10.6. The second kappa shape index (κ2) is 12.1. The van der Waals surface area contributed by atoms with E-state index in [1.807, 2.05) is 60.3 Å². The molecule has 0 fully saturated rings. The smallest absolute Gasteiger partial charge is 0.161 e. The van der Waals surface area contributed by atoms with Crippen molar-refractivity contribution in [2.75, 3.05) is 0 Å². The Bertz CT molecular complexity index is 2630. The average molecular weight is 680 g/mol. The van der Waals surface area contributed by atoms with Crippen molar-refractivity contribution in [2.24, 2.45) is 0 Å². The van der Waals surface area contributed by atoms with E-state index in [1.54, 1.807) is 0 Å². The van der Waals surface area contributed by atoms with Crippen molar-refractivity contribution in [3.05, 3.63) is 204 Å². The Morgan fingerprint density at radius 2 is 1.00 bits per heavy atom. The molecule has 1 aromatic heterocycles. The predicted molar refractivity (Wildman–Crippen MR) is 210 cm³/mol. The van der Waals surface area contributed by atoms with Gasteiger partial charge < -0.3 is 0 Å². The molecule has 0 N–H and O–H groups in total. The molecule has 242 valence electrons. The van der Waals surface area contributed by atoms with Crippen molar-refractivity contribution in [3.8, 4) is 62.2 Å². The van der Waals surface area contributed by atoms with Crippen LogP contribution in [0.1, 0.15) is 27.8 Å². The molecule has 1 spiro atoms. The predicted octanol–water partition coefficient (Wildman–Crippen LogP) is 11.8. The van der Waals surface area contributed by atoms with E-state index in [4.69, 9.17) is 9.97 Å². The normalized spacial score (nSPS) is 13.1. The summed E-state index contributed by atoms with van der Waals surface area (Å²) in [5.41, 5.74) is 13.9. The highest BCUT2D eigenvalue weighted by Crippen LogP contribution is 2.63. The van der Waals surface area contributed by atoms with Gasteiger partial charge in [-0.05, 0) is 69.3 Å².